The van der Waals surface area contributed by atoms with Crippen molar-refractivity contribution in [2.24, 2.45) is 23.2 Å². The van der Waals surface area contributed by atoms with E-state index in [9.17, 15) is 0 Å². The molecule has 1 fully saturated rings. The highest BCUT2D eigenvalue weighted by molar-refractivity contribution is 4.90. The van der Waals surface area contributed by atoms with Gasteiger partial charge in [0.1, 0.15) is 0 Å². The molecule has 0 aliphatic heterocycles. The van der Waals surface area contributed by atoms with Gasteiger partial charge >= 0.3 is 0 Å². The van der Waals surface area contributed by atoms with Gasteiger partial charge in [-0.15, -0.1) is 0 Å². The Morgan fingerprint density at radius 3 is 2.23 bits per heavy atom. The van der Waals surface area contributed by atoms with E-state index in [0.717, 1.165) is 17.8 Å². The molecule has 0 bridgehead atoms. The van der Waals surface area contributed by atoms with E-state index in [-0.39, 0.29) is 0 Å². The van der Waals surface area contributed by atoms with E-state index in [1.165, 1.54) is 25.7 Å². The Labute approximate surface area is 84.1 Å². The SMILES string of the molecule is CCCC(C)(CC1CC1C)C(C)C. The molecule has 0 aromatic heterocycles. The Hall–Kier alpha value is 0. The van der Waals surface area contributed by atoms with Crippen LogP contribution in [0.15, 0.2) is 0 Å². The van der Waals surface area contributed by atoms with E-state index in [2.05, 4.69) is 34.6 Å². The third-order valence-electron chi connectivity index (χ3n) is 4.22. The fraction of sp³-hybridized carbons (Fsp3) is 1.00. The summed E-state index contributed by atoms with van der Waals surface area (Å²) in [6.45, 7) is 12.0. The molecule has 0 radical (unpaired) electrons. The lowest BCUT2D eigenvalue weighted by atomic mass is 9.72. The molecule has 0 spiro atoms. The van der Waals surface area contributed by atoms with Crippen LogP contribution in [0.2, 0.25) is 0 Å². The molecule has 0 N–H and O–H groups in total. The van der Waals surface area contributed by atoms with Gasteiger partial charge in [-0.1, -0.05) is 41.0 Å². The van der Waals surface area contributed by atoms with Crippen molar-refractivity contribution in [3.05, 3.63) is 0 Å². The molecule has 0 aromatic rings. The van der Waals surface area contributed by atoms with Crippen LogP contribution in [0.5, 0.6) is 0 Å². The molecule has 0 nitrogen and oxygen atoms in total. The summed E-state index contributed by atoms with van der Waals surface area (Å²) in [6, 6.07) is 0. The summed E-state index contributed by atoms with van der Waals surface area (Å²) in [4.78, 5) is 0. The first-order chi connectivity index (χ1) is 5.99. The second kappa shape index (κ2) is 4.02. The first-order valence-corrected chi connectivity index (χ1v) is 5.99. The van der Waals surface area contributed by atoms with Crippen LogP contribution in [0.3, 0.4) is 0 Å². The molecule has 1 aliphatic rings. The van der Waals surface area contributed by atoms with Crippen molar-refractivity contribution >= 4 is 0 Å². The van der Waals surface area contributed by atoms with E-state index in [1.807, 2.05) is 0 Å². The van der Waals surface area contributed by atoms with E-state index >= 15 is 0 Å². The maximum atomic E-state index is 2.49. The van der Waals surface area contributed by atoms with E-state index in [1.54, 1.807) is 0 Å². The third kappa shape index (κ3) is 2.72. The van der Waals surface area contributed by atoms with Crippen LogP contribution in [0.25, 0.3) is 0 Å². The summed E-state index contributed by atoms with van der Waals surface area (Å²) in [5.74, 6) is 2.93. The largest absolute Gasteiger partial charge is 0.0654 e. The van der Waals surface area contributed by atoms with Crippen molar-refractivity contribution in [3.63, 3.8) is 0 Å². The lowest BCUT2D eigenvalue weighted by molar-refractivity contribution is 0.166. The molecule has 0 amide bonds. The van der Waals surface area contributed by atoms with Crippen molar-refractivity contribution in [1.29, 1.82) is 0 Å². The zero-order valence-electron chi connectivity index (χ0n) is 10.1. The summed E-state index contributed by atoms with van der Waals surface area (Å²) >= 11 is 0. The van der Waals surface area contributed by atoms with Crippen LogP contribution in [0.4, 0.5) is 0 Å². The molecular weight excluding hydrogens is 156 g/mol. The van der Waals surface area contributed by atoms with Gasteiger partial charge in [0.25, 0.3) is 0 Å². The second-order valence-electron chi connectivity index (χ2n) is 5.74. The van der Waals surface area contributed by atoms with Crippen LogP contribution in [-0.4, -0.2) is 0 Å². The van der Waals surface area contributed by atoms with Gasteiger partial charge in [0.05, 0.1) is 0 Å². The van der Waals surface area contributed by atoms with Crippen molar-refractivity contribution in [2.75, 3.05) is 0 Å². The molecule has 0 heterocycles. The lowest BCUT2D eigenvalue weighted by Gasteiger charge is -2.34. The van der Waals surface area contributed by atoms with Gasteiger partial charge in [-0.3, -0.25) is 0 Å². The summed E-state index contributed by atoms with van der Waals surface area (Å²) < 4.78 is 0. The second-order valence-corrected chi connectivity index (χ2v) is 5.74. The van der Waals surface area contributed by atoms with Crippen LogP contribution in [0.1, 0.15) is 60.3 Å². The summed E-state index contributed by atoms with van der Waals surface area (Å²) in [7, 11) is 0. The average molecular weight is 182 g/mol. The number of rotatable bonds is 5. The maximum Gasteiger partial charge on any atom is -0.0300 e. The van der Waals surface area contributed by atoms with Crippen LogP contribution < -0.4 is 0 Å². The zero-order chi connectivity index (χ0) is 10.1. The predicted molar refractivity (Wildman–Crippen MR) is 59.7 cm³/mol. The quantitative estimate of drug-likeness (QED) is 0.587. The smallest absolute Gasteiger partial charge is 0.0300 e. The summed E-state index contributed by atoms with van der Waals surface area (Å²) in [5.41, 5.74) is 0.615. The van der Waals surface area contributed by atoms with Gasteiger partial charge < -0.3 is 0 Å². The Morgan fingerprint density at radius 1 is 1.38 bits per heavy atom. The minimum Gasteiger partial charge on any atom is -0.0654 e. The van der Waals surface area contributed by atoms with Crippen LogP contribution in [-0.2, 0) is 0 Å². The topological polar surface area (TPSA) is 0 Å². The van der Waals surface area contributed by atoms with E-state index in [4.69, 9.17) is 0 Å². The van der Waals surface area contributed by atoms with Gasteiger partial charge in [0.15, 0.2) is 0 Å². The molecule has 3 atom stereocenters. The summed E-state index contributed by atoms with van der Waals surface area (Å²) in [5, 5.41) is 0. The molecule has 13 heavy (non-hydrogen) atoms. The highest BCUT2D eigenvalue weighted by Gasteiger charge is 2.39. The molecule has 78 valence electrons. The predicted octanol–water partition coefficient (Wildman–Crippen LogP) is 4.49. The maximum absolute atomic E-state index is 2.49. The fourth-order valence-corrected chi connectivity index (χ4v) is 2.48. The first-order valence-electron chi connectivity index (χ1n) is 5.99. The fourth-order valence-electron chi connectivity index (χ4n) is 2.48. The first kappa shape index (κ1) is 11.1. The lowest BCUT2D eigenvalue weighted by Crippen LogP contribution is -2.24. The monoisotopic (exact) mass is 182 g/mol. The third-order valence-corrected chi connectivity index (χ3v) is 4.22. The van der Waals surface area contributed by atoms with Gasteiger partial charge in [0, 0.05) is 0 Å². The molecule has 0 saturated heterocycles. The molecule has 1 rings (SSSR count). The highest BCUT2D eigenvalue weighted by atomic mass is 14.4. The van der Waals surface area contributed by atoms with Gasteiger partial charge in [-0.2, -0.15) is 0 Å². The molecular formula is C13H26. The van der Waals surface area contributed by atoms with Crippen molar-refractivity contribution in [2.45, 2.75) is 60.3 Å². The standard InChI is InChI=1S/C13H26/c1-6-7-13(5,10(2)3)9-12-8-11(12)4/h10-12H,6-9H2,1-5H3. The molecule has 0 aromatic carbocycles. The van der Waals surface area contributed by atoms with Crippen LogP contribution in [0, 0.1) is 23.2 Å². The number of hydrogen-bond donors (Lipinski definition) is 0. The van der Waals surface area contributed by atoms with Crippen molar-refractivity contribution in [1.82, 2.24) is 0 Å². The van der Waals surface area contributed by atoms with Gasteiger partial charge in [0.2, 0.25) is 0 Å². The van der Waals surface area contributed by atoms with Crippen LogP contribution >= 0.6 is 0 Å². The normalized spacial score (nSPS) is 31.8. The molecule has 1 saturated carbocycles. The van der Waals surface area contributed by atoms with Crippen molar-refractivity contribution < 1.29 is 0 Å². The Balaban J connectivity index is 2.46. The van der Waals surface area contributed by atoms with E-state index in [0.29, 0.717) is 5.41 Å². The molecule has 0 heteroatoms. The highest BCUT2D eigenvalue weighted by Crippen LogP contribution is 2.49. The Morgan fingerprint density at radius 2 is 1.92 bits per heavy atom. The number of hydrogen-bond acceptors (Lipinski definition) is 0. The van der Waals surface area contributed by atoms with Gasteiger partial charge in [-0.25, -0.2) is 0 Å². The minimum absolute atomic E-state index is 0.615. The Kier molecular flexibility index (Phi) is 3.43. The Bertz CT molecular complexity index is 159. The van der Waals surface area contributed by atoms with Crippen molar-refractivity contribution in [3.8, 4) is 0 Å². The van der Waals surface area contributed by atoms with Gasteiger partial charge in [-0.05, 0) is 42.4 Å². The minimum atomic E-state index is 0.615. The molecule has 3 unspecified atom stereocenters. The average Bonchev–Trinajstić information content (AvgIpc) is 2.66. The molecule has 1 aliphatic carbocycles. The zero-order valence-corrected chi connectivity index (χ0v) is 10.1. The summed E-state index contributed by atoms with van der Waals surface area (Å²) in [6.07, 6.45) is 5.72. The van der Waals surface area contributed by atoms with E-state index < -0.39 is 0 Å².